The summed E-state index contributed by atoms with van der Waals surface area (Å²) in [5.41, 5.74) is 0. The lowest BCUT2D eigenvalue weighted by Gasteiger charge is -2.30. The molecular weight excluding hydrogens is 336 g/mol. The van der Waals surface area contributed by atoms with Crippen LogP contribution in [0.4, 0.5) is 0 Å². The molecule has 6 heteroatoms. The van der Waals surface area contributed by atoms with Crippen LogP contribution < -0.4 is 0 Å². The number of esters is 2. The summed E-state index contributed by atoms with van der Waals surface area (Å²) < 4.78 is 11.0. The molecule has 1 rings (SSSR count). The van der Waals surface area contributed by atoms with Gasteiger partial charge in [0.05, 0.1) is 0 Å². The first-order chi connectivity index (χ1) is 12.4. The molecule has 0 radical (unpaired) electrons. The van der Waals surface area contributed by atoms with E-state index in [4.69, 9.17) is 9.47 Å². The average Bonchev–Trinajstić information content (AvgIpc) is 2.57. The molecule has 1 aliphatic carbocycles. The molecule has 0 bridgehead atoms. The Labute approximate surface area is 156 Å². The molecule has 1 fully saturated rings. The van der Waals surface area contributed by atoms with Gasteiger partial charge in [0.15, 0.2) is 0 Å². The molecule has 0 N–H and O–H groups in total. The molecule has 6 nitrogen and oxygen atoms in total. The van der Waals surface area contributed by atoms with Crippen molar-refractivity contribution in [3.05, 3.63) is 0 Å². The van der Waals surface area contributed by atoms with Gasteiger partial charge in [-0.3, -0.25) is 9.59 Å². The highest BCUT2D eigenvalue weighted by molar-refractivity contribution is 5.76. The molecule has 0 amide bonds. The predicted molar refractivity (Wildman–Crippen MR) is 96.5 cm³/mol. The molecule has 2 atom stereocenters. The Morgan fingerprint density at radius 2 is 1.00 bits per heavy atom. The van der Waals surface area contributed by atoms with Crippen molar-refractivity contribution in [3.63, 3.8) is 0 Å². The third-order valence-corrected chi connectivity index (χ3v) is 4.53. The van der Waals surface area contributed by atoms with Crippen LogP contribution in [-0.4, -0.2) is 35.7 Å². The molecule has 0 aromatic rings. The minimum absolute atomic E-state index is 0.126. The normalized spacial score (nSPS) is 19.6. The van der Waals surface area contributed by atoms with E-state index in [1.165, 1.54) is 0 Å². The topological polar surface area (TPSA) is 86.7 Å². The van der Waals surface area contributed by atoms with E-state index >= 15 is 0 Å². The third kappa shape index (κ3) is 10.3. The molecule has 0 aromatic carbocycles. The molecule has 0 aliphatic heterocycles. The number of ether oxygens (including phenoxy) is 2. The molecule has 1 saturated carbocycles. The predicted octanol–water partition coefficient (Wildman–Crippen LogP) is 3.68. The van der Waals surface area contributed by atoms with E-state index in [0.29, 0.717) is 51.4 Å². The fraction of sp³-hybridized carbons (Fsp3) is 0.800. The molecule has 0 spiro atoms. The maximum Gasteiger partial charge on any atom is 0.306 e. The molecular formula is C20H32O6. The Morgan fingerprint density at radius 3 is 1.35 bits per heavy atom. The number of ketones is 2. The fourth-order valence-corrected chi connectivity index (χ4v) is 3.07. The first-order valence-electron chi connectivity index (χ1n) is 9.76. The minimum Gasteiger partial charge on any atom is -0.458 e. The molecule has 148 valence electrons. The quantitative estimate of drug-likeness (QED) is 0.386. The van der Waals surface area contributed by atoms with Crippen LogP contribution in [0.2, 0.25) is 0 Å². The smallest absolute Gasteiger partial charge is 0.306 e. The second kappa shape index (κ2) is 12.6. The van der Waals surface area contributed by atoms with Gasteiger partial charge >= 0.3 is 11.9 Å². The van der Waals surface area contributed by atoms with Crippen molar-refractivity contribution in [3.8, 4) is 0 Å². The van der Waals surface area contributed by atoms with Gasteiger partial charge in [0.2, 0.25) is 0 Å². The summed E-state index contributed by atoms with van der Waals surface area (Å²) in [7, 11) is 0. The highest BCUT2D eigenvalue weighted by Crippen LogP contribution is 2.25. The Bertz CT molecular complexity index is 441. The van der Waals surface area contributed by atoms with E-state index in [2.05, 4.69) is 0 Å². The molecule has 26 heavy (non-hydrogen) atoms. The number of unbranched alkanes of at least 4 members (excludes halogenated alkanes) is 2. The Balaban J connectivity index is 2.31. The van der Waals surface area contributed by atoms with Crippen LogP contribution >= 0.6 is 0 Å². The first kappa shape index (κ1) is 22.3. The third-order valence-electron chi connectivity index (χ3n) is 4.53. The SMILES string of the molecule is CC(=O)CCCCC(=O)OC1CCCCC1OC(=O)CCCCC(C)=O. The summed E-state index contributed by atoms with van der Waals surface area (Å²) in [6, 6.07) is 0. The van der Waals surface area contributed by atoms with E-state index < -0.39 is 0 Å². The lowest BCUT2D eigenvalue weighted by atomic mass is 9.94. The summed E-state index contributed by atoms with van der Waals surface area (Å²) in [6.45, 7) is 3.08. The van der Waals surface area contributed by atoms with E-state index in [0.717, 1.165) is 12.8 Å². The van der Waals surface area contributed by atoms with E-state index in [9.17, 15) is 19.2 Å². The molecule has 2 unspecified atom stereocenters. The molecule has 0 saturated heterocycles. The van der Waals surface area contributed by atoms with Crippen molar-refractivity contribution >= 4 is 23.5 Å². The standard InChI is InChI=1S/C20H32O6/c1-15(21)9-3-7-13-19(23)25-17-11-5-6-12-18(17)26-20(24)14-8-4-10-16(2)22/h17-18H,3-14H2,1-2H3. The van der Waals surface area contributed by atoms with Crippen LogP contribution in [0.3, 0.4) is 0 Å². The summed E-state index contributed by atoms with van der Waals surface area (Å²) >= 11 is 0. The van der Waals surface area contributed by atoms with Crippen molar-refractivity contribution in [2.24, 2.45) is 0 Å². The minimum atomic E-state index is -0.370. The Kier molecular flexibility index (Phi) is 10.8. The second-order valence-electron chi connectivity index (χ2n) is 7.16. The van der Waals surface area contributed by atoms with Gasteiger partial charge in [-0.05, 0) is 65.2 Å². The van der Waals surface area contributed by atoms with Gasteiger partial charge in [0, 0.05) is 25.7 Å². The number of Topliss-reactive ketones (excluding diaryl/α,β-unsaturated/α-hetero) is 2. The van der Waals surface area contributed by atoms with Crippen LogP contribution in [0.1, 0.15) is 90.9 Å². The van der Waals surface area contributed by atoms with Crippen molar-refractivity contribution in [1.82, 2.24) is 0 Å². The largest absolute Gasteiger partial charge is 0.458 e. The highest BCUT2D eigenvalue weighted by atomic mass is 16.6. The molecule has 1 aliphatic rings. The lowest BCUT2D eigenvalue weighted by molar-refractivity contribution is -0.171. The molecule has 0 aromatic heterocycles. The van der Waals surface area contributed by atoms with Crippen molar-refractivity contribution in [2.75, 3.05) is 0 Å². The van der Waals surface area contributed by atoms with Crippen LogP contribution in [0.25, 0.3) is 0 Å². The number of carbonyl (C=O) groups is 4. The number of hydrogen-bond donors (Lipinski definition) is 0. The van der Waals surface area contributed by atoms with Gasteiger partial charge in [-0.15, -0.1) is 0 Å². The number of rotatable bonds is 12. The Morgan fingerprint density at radius 1 is 0.654 bits per heavy atom. The first-order valence-corrected chi connectivity index (χ1v) is 9.76. The van der Waals surface area contributed by atoms with Crippen LogP contribution in [0.5, 0.6) is 0 Å². The maximum atomic E-state index is 12.0. The van der Waals surface area contributed by atoms with Crippen LogP contribution in [-0.2, 0) is 28.7 Å². The second-order valence-corrected chi connectivity index (χ2v) is 7.16. The van der Waals surface area contributed by atoms with Gasteiger partial charge in [-0.2, -0.15) is 0 Å². The fourth-order valence-electron chi connectivity index (χ4n) is 3.07. The van der Waals surface area contributed by atoms with Gasteiger partial charge in [0.25, 0.3) is 0 Å². The zero-order valence-electron chi connectivity index (χ0n) is 16.1. The maximum absolute atomic E-state index is 12.0. The number of carbonyl (C=O) groups excluding carboxylic acids is 4. The summed E-state index contributed by atoms with van der Waals surface area (Å²) in [4.78, 5) is 45.8. The van der Waals surface area contributed by atoms with Crippen LogP contribution in [0, 0.1) is 0 Å². The zero-order valence-corrected chi connectivity index (χ0v) is 16.1. The van der Waals surface area contributed by atoms with Gasteiger partial charge in [-0.1, -0.05) is 0 Å². The van der Waals surface area contributed by atoms with Crippen molar-refractivity contribution in [1.29, 1.82) is 0 Å². The van der Waals surface area contributed by atoms with E-state index in [-0.39, 0.29) is 48.6 Å². The highest BCUT2D eigenvalue weighted by Gasteiger charge is 2.31. The average molecular weight is 368 g/mol. The van der Waals surface area contributed by atoms with Gasteiger partial charge < -0.3 is 19.1 Å². The monoisotopic (exact) mass is 368 g/mol. The van der Waals surface area contributed by atoms with Crippen LogP contribution in [0.15, 0.2) is 0 Å². The summed E-state index contributed by atoms with van der Waals surface area (Å²) in [6.07, 6.45) is 6.77. The number of hydrogen-bond acceptors (Lipinski definition) is 6. The van der Waals surface area contributed by atoms with E-state index in [1.807, 2.05) is 0 Å². The summed E-state index contributed by atoms with van der Waals surface area (Å²) in [5, 5.41) is 0. The van der Waals surface area contributed by atoms with Gasteiger partial charge in [0.1, 0.15) is 23.8 Å². The Hall–Kier alpha value is -1.72. The molecule has 0 heterocycles. The lowest BCUT2D eigenvalue weighted by Crippen LogP contribution is -2.37. The van der Waals surface area contributed by atoms with Gasteiger partial charge in [-0.25, -0.2) is 0 Å². The van der Waals surface area contributed by atoms with Crippen molar-refractivity contribution < 1.29 is 28.7 Å². The summed E-state index contributed by atoms with van der Waals surface area (Å²) in [5.74, 6) is -0.326. The van der Waals surface area contributed by atoms with Crippen molar-refractivity contribution in [2.45, 2.75) is 103 Å². The zero-order chi connectivity index (χ0) is 19.4. The van der Waals surface area contributed by atoms with E-state index in [1.54, 1.807) is 13.8 Å².